The minimum atomic E-state index is -1.05. The molecule has 0 radical (unpaired) electrons. The fourth-order valence-electron chi connectivity index (χ4n) is 4.10. The lowest BCUT2D eigenvalue weighted by Crippen LogP contribution is -2.42. The Morgan fingerprint density at radius 2 is 1.59 bits per heavy atom. The first kappa shape index (κ1) is 25.2. The maximum Gasteiger partial charge on any atom is 0.407 e. The van der Waals surface area contributed by atoms with E-state index in [9.17, 15) is 19.5 Å². The molecule has 0 fully saturated rings. The molecule has 1 atom stereocenters. The van der Waals surface area contributed by atoms with E-state index in [4.69, 9.17) is 9.47 Å². The number of amides is 2. The predicted octanol–water partition coefficient (Wildman–Crippen LogP) is 3.55. The number of alkyl carbamates (subject to hydrolysis) is 1. The average molecular weight is 469 g/mol. The molecule has 2 aromatic rings. The van der Waals surface area contributed by atoms with Crippen molar-refractivity contribution in [3.8, 4) is 11.1 Å². The lowest BCUT2D eigenvalue weighted by atomic mass is 9.98. The zero-order valence-electron chi connectivity index (χ0n) is 19.6. The largest absolute Gasteiger partial charge is 0.480 e. The summed E-state index contributed by atoms with van der Waals surface area (Å²) < 4.78 is 10.8. The van der Waals surface area contributed by atoms with Gasteiger partial charge in [0.05, 0.1) is 13.2 Å². The number of carboxylic acids is 1. The van der Waals surface area contributed by atoms with E-state index in [1.165, 1.54) is 11.1 Å². The molecule has 2 aromatic carbocycles. The van der Waals surface area contributed by atoms with Gasteiger partial charge in [-0.3, -0.25) is 4.79 Å². The van der Waals surface area contributed by atoms with Crippen LogP contribution in [0.2, 0.25) is 0 Å². The summed E-state index contributed by atoms with van der Waals surface area (Å²) in [4.78, 5) is 35.3. The highest BCUT2D eigenvalue weighted by atomic mass is 16.5. The van der Waals surface area contributed by atoms with E-state index < -0.39 is 18.1 Å². The molecule has 34 heavy (non-hydrogen) atoms. The van der Waals surface area contributed by atoms with Crippen LogP contribution < -0.4 is 10.6 Å². The molecule has 0 aromatic heterocycles. The first-order chi connectivity index (χ1) is 16.4. The zero-order chi connectivity index (χ0) is 24.5. The number of carboxylic acid groups (broad SMARTS) is 1. The van der Waals surface area contributed by atoms with E-state index in [2.05, 4.69) is 34.9 Å². The summed E-state index contributed by atoms with van der Waals surface area (Å²) in [6.45, 7) is 4.62. The number of rotatable bonds is 12. The number of nitrogens with one attached hydrogen (secondary N) is 2. The minimum Gasteiger partial charge on any atom is -0.480 e. The smallest absolute Gasteiger partial charge is 0.407 e. The van der Waals surface area contributed by atoms with Gasteiger partial charge < -0.3 is 25.2 Å². The third-order valence-corrected chi connectivity index (χ3v) is 5.67. The van der Waals surface area contributed by atoms with Crippen molar-refractivity contribution in [1.82, 2.24) is 10.6 Å². The van der Waals surface area contributed by atoms with E-state index in [-0.39, 0.29) is 50.5 Å². The summed E-state index contributed by atoms with van der Waals surface area (Å²) in [7, 11) is 0. The lowest BCUT2D eigenvalue weighted by Gasteiger charge is -2.16. The van der Waals surface area contributed by atoms with Crippen LogP contribution in [0.5, 0.6) is 0 Å². The van der Waals surface area contributed by atoms with Gasteiger partial charge in [0.15, 0.2) is 0 Å². The molecule has 0 heterocycles. The van der Waals surface area contributed by atoms with E-state index in [0.29, 0.717) is 6.42 Å². The number of hydrogen-bond donors (Lipinski definition) is 3. The van der Waals surface area contributed by atoms with Crippen molar-refractivity contribution in [2.24, 2.45) is 5.92 Å². The molecule has 3 N–H and O–H groups in total. The summed E-state index contributed by atoms with van der Waals surface area (Å²) in [5, 5.41) is 14.3. The normalized spacial score (nSPS) is 13.1. The summed E-state index contributed by atoms with van der Waals surface area (Å²) in [5.74, 6) is -1.27. The van der Waals surface area contributed by atoms with Crippen LogP contribution >= 0.6 is 0 Å². The fourth-order valence-corrected chi connectivity index (χ4v) is 4.10. The van der Waals surface area contributed by atoms with Crippen molar-refractivity contribution in [3.05, 3.63) is 59.7 Å². The first-order valence-corrected chi connectivity index (χ1v) is 11.6. The maximum absolute atomic E-state index is 12.1. The Hall–Kier alpha value is -3.39. The standard InChI is InChI=1S/C26H32N2O6/c1-17(2)15-23(25(30)31)28-24(29)11-13-33-14-12-27-26(32)34-16-22-20-9-5-3-7-18(20)19-8-4-6-10-21(19)22/h3-10,17,22-23H,11-16H2,1-2H3,(H,27,32)(H,28,29)(H,30,31). The van der Waals surface area contributed by atoms with Crippen LogP contribution in [-0.2, 0) is 19.1 Å². The molecule has 0 spiro atoms. The summed E-state index contributed by atoms with van der Waals surface area (Å²) >= 11 is 0. The molecule has 1 aliphatic rings. The lowest BCUT2D eigenvalue weighted by molar-refractivity contribution is -0.142. The molecule has 1 unspecified atom stereocenters. The molecule has 8 heteroatoms. The van der Waals surface area contributed by atoms with E-state index in [1.54, 1.807) is 0 Å². The second kappa shape index (κ2) is 12.2. The third-order valence-electron chi connectivity index (χ3n) is 5.67. The Balaban J connectivity index is 1.33. The molecule has 182 valence electrons. The molecule has 0 aliphatic heterocycles. The van der Waals surface area contributed by atoms with E-state index in [0.717, 1.165) is 11.1 Å². The van der Waals surface area contributed by atoms with Gasteiger partial charge in [-0.05, 0) is 34.6 Å². The first-order valence-electron chi connectivity index (χ1n) is 11.6. The maximum atomic E-state index is 12.1. The highest BCUT2D eigenvalue weighted by molar-refractivity contribution is 5.83. The second-order valence-corrected chi connectivity index (χ2v) is 8.70. The van der Waals surface area contributed by atoms with Gasteiger partial charge in [-0.15, -0.1) is 0 Å². The van der Waals surface area contributed by atoms with Crippen LogP contribution in [0.4, 0.5) is 4.79 Å². The number of fused-ring (bicyclic) bond motifs is 3. The van der Waals surface area contributed by atoms with Gasteiger partial charge in [-0.2, -0.15) is 0 Å². The van der Waals surface area contributed by atoms with E-state index in [1.807, 2.05) is 38.1 Å². The number of benzene rings is 2. The SMILES string of the molecule is CC(C)CC(NC(=O)CCOCCNC(=O)OCC1c2ccccc2-c2ccccc21)C(=O)O. The summed E-state index contributed by atoms with van der Waals surface area (Å²) in [6, 6.07) is 15.4. The quantitative estimate of drug-likeness (QED) is 0.411. The molecule has 3 rings (SSSR count). The Morgan fingerprint density at radius 3 is 2.18 bits per heavy atom. The van der Waals surface area contributed by atoms with Gasteiger partial charge in [0.25, 0.3) is 0 Å². The third kappa shape index (κ3) is 6.81. The van der Waals surface area contributed by atoms with Crippen molar-refractivity contribution >= 4 is 18.0 Å². The van der Waals surface area contributed by atoms with Crippen molar-refractivity contribution < 1.29 is 29.0 Å². The van der Waals surface area contributed by atoms with Crippen LogP contribution in [0.1, 0.15) is 43.7 Å². The number of carbonyl (C=O) groups excluding carboxylic acids is 2. The Labute approximate surface area is 199 Å². The fraction of sp³-hybridized carbons (Fsp3) is 0.423. The van der Waals surface area contributed by atoms with Gasteiger partial charge in [0.2, 0.25) is 5.91 Å². The van der Waals surface area contributed by atoms with Crippen molar-refractivity contribution in [2.75, 3.05) is 26.4 Å². The topological polar surface area (TPSA) is 114 Å². The second-order valence-electron chi connectivity index (χ2n) is 8.70. The van der Waals surface area contributed by atoms with Crippen molar-refractivity contribution in [1.29, 1.82) is 0 Å². The van der Waals surface area contributed by atoms with Crippen LogP contribution in [0, 0.1) is 5.92 Å². The highest BCUT2D eigenvalue weighted by Gasteiger charge is 2.29. The molecule has 0 saturated heterocycles. The van der Waals surface area contributed by atoms with Gasteiger partial charge in [0, 0.05) is 18.9 Å². The molecular weight excluding hydrogens is 436 g/mol. The van der Waals surface area contributed by atoms with Gasteiger partial charge in [-0.1, -0.05) is 62.4 Å². The van der Waals surface area contributed by atoms with Crippen LogP contribution in [0.25, 0.3) is 11.1 Å². The van der Waals surface area contributed by atoms with Crippen molar-refractivity contribution in [3.63, 3.8) is 0 Å². The Bertz CT molecular complexity index is 961. The Kier molecular flexibility index (Phi) is 9.04. The summed E-state index contributed by atoms with van der Waals surface area (Å²) in [6.07, 6.45) is -0.111. The number of aliphatic carboxylic acids is 1. The van der Waals surface area contributed by atoms with Crippen LogP contribution in [-0.4, -0.2) is 55.5 Å². The number of hydrogen-bond acceptors (Lipinski definition) is 5. The van der Waals surface area contributed by atoms with Gasteiger partial charge in [-0.25, -0.2) is 9.59 Å². The molecular formula is C26H32N2O6. The number of carbonyl (C=O) groups is 3. The zero-order valence-corrected chi connectivity index (χ0v) is 19.6. The van der Waals surface area contributed by atoms with Crippen molar-refractivity contribution in [2.45, 2.75) is 38.6 Å². The summed E-state index contributed by atoms with van der Waals surface area (Å²) in [5.41, 5.74) is 4.64. The van der Waals surface area contributed by atoms with Crippen LogP contribution in [0.3, 0.4) is 0 Å². The van der Waals surface area contributed by atoms with Gasteiger partial charge >= 0.3 is 12.1 Å². The minimum absolute atomic E-state index is 0.00163. The van der Waals surface area contributed by atoms with E-state index >= 15 is 0 Å². The molecule has 0 bridgehead atoms. The number of ether oxygens (including phenoxy) is 2. The molecule has 2 amide bonds. The molecule has 1 aliphatic carbocycles. The highest BCUT2D eigenvalue weighted by Crippen LogP contribution is 2.44. The molecule has 0 saturated carbocycles. The average Bonchev–Trinajstić information content (AvgIpc) is 3.13. The Morgan fingerprint density at radius 1 is 0.971 bits per heavy atom. The monoisotopic (exact) mass is 468 g/mol. The predicted molar refractivity (Wildman–Crippen MR) is 128 cm³/mol. The van der Waals surface area contributed by atoms with Gasteiger partial charge in [0.1, 0.15) is 12.6 Å². The molecule has 8 nitrogen and oxygen atoms in total. The van der Waals surface area contributed by atoms with Crippen LogP contribution in [0.15, 0.2) is 48.5 Å².